The molecule has 0 unspecified atom stereocenters. The molecule has 1 amide bonds. The molecule has 2 N–H and O–H groups in total. The van der Waals surface area contributed by atoms with E-state index >= 15 is 4.39 Å². The number of benzene rings is 2. The first-order chi connectivity index (χ1) is 17.4. The number of likely N-dealkylation sites (N-methyl/N-ethyl adjacent to an activating group) is 1. The Labute approximate surface area is 215 Å². The van der Waals surface area contributed by atoms with Gasteiger partial charge >= 0.3 is 0 Å². The zero-order chi connectivity index (χ0) is 25.2. The Bertz CT molecular complexity index is 1250. The molecule has 2 fully saturated rings. The molecular weight excluding hydrogens is 483 g/mol. The fraction of sp³-hybridized carbons (Fsp3) is 0.462. The normalized spacial score (nSPS) is 17.0. The van der Waals surface area contributed by atoms with Gasteiger partial charge in [0.15, 0.2) is 5.82 Å². The van der Waals surface area contributed by atoms with Crippen LogP contribution in [0.4, 0.5) is 15.8 Å². The Morgan fingerprint density at radius 3 is 2.69 bits per heavy atom. The van der Waals surface area contributed by atoms with E-state index in [-0.39, 0.29) is 16.8 Å². The third-order valence-electron chi connectivity index (χ3n) is 6.98. The summed E-state index contributed by atoms with van der Waals surface area (Å²) in [6.45, 7) is 7.87. The molecule has 0 spiro atoms. The number of fused-ring (bicyclic) bond motifs is 1. The highest BCUT2D eigenvalue weighted by Crippen LogP contribution is 2.33. The lowest BCUT2D eigenvalue weighted by Gasteiger charge is -2.32. The number of piperazine rings is 1. The summed E-state index contributed by atoms with van der Waals surface area (Å²) in [5.74, 6) is -0.597. The molecule has 192 valence electrons. The van der Waals surface area contributed by atoms with Crippen LogP contribution in [0.3, 0.4) is 0 Å². The van der Waals surface area contributed by atoms with Crippen molar-refractivity contribution in [2.75, 3.05) is 51.7 Å². The van der Waals surface area contributed by atoms with Gasteiger partial charge in [-0.1, -0.05) is 11.6 Å². The van der Waals surface area contributed by atoms with Crippen molar-refractivity contribution in [1.29, 1.82) is 0 Å². The molecule has 0 radical (unpaired) electrons. The molecule has 8 nitrogen and oxygen atoms in total. The lowest BCUT2D eigenvalue weighted by molar-refractivity contribution is 0.0271. The molecule has 2 heterocycles. The first-order valence-electron chi connectivity index (χ1n) is 12.4. The summed E-state index contributed by atoms with van der Waals surface area (Å²) in [4.78, 5) is 27.6. The number of aromatic nitrogens is 2. The van der Waals surface area contributed by atoms with E-state index in [2.05, 4.69) is 32.6 Å². The zero-order valence-corrected chi connectivity index (χ0v) is 21.4. The second-order valence-corrected chi connectivity index (χ2v) is 10.3. The first kappa shape index (κ1) is 25.0. The maximum absolute atomic E-state index is 15.9. The number of nitrogens with one attached hydrogen (secondary N) is 2. The van der Waals surface area contributed by atoms with Crippen LogP contribution < -0.4 is 10.8 Å². The van der Waals surface area contributed by atoms with E-state index in [4.69, 9.17) is 16.4 Å². The van der Waals surface area contributed by atoms with Gasteiger partial charge in [-0.05, 0) is 62.6 Å². The van der Waals surface area contributed by atoms with Gasteiger partial charge in [-0.15, -0.1) is 0 Å². The van der Waals surface area contributed by atoms with Crippen molar-refractivity contribution >= 4 is 39.9 Å². The van der Waals surface area contributed by atoms with E-state index in [0.29, 0.717) is 35.3 Å². The van der Waals surface area contributed by atoms with E-state index in [9.17, 15) is 4.79 Å². The zero-order valence-electron chi connectivity index (χ0n) is 20.7. The van der Waals surface area contributed by atoms with Crippen LogP contribution in [0.5, 0.6) is 0 Å². The van der Waals surface area contributed by atoms with Crippen molar-refractivity contribution in [2.24, 2.45) is 5.92 Å². The number of hydrogen-bond acceptors (Lipinski definition) is 6. The molecule has 2 aliphatic rings. The van der Waals surface area contributed by atoms with Gasteiger partial charge in [0, 0.05) is 50.0 Å². The van der Waals surface area contributed by atoms with Gasteiger partial charge in [0.2, 0.25) is 0 Å². The minimum absolute atomic E-state index is 0.0600. The van der Waals surface area contributed by atoms with E-state index in [0.717, 1.165) is 51.1 Å². The molecule has 1 saturated heterocycles. The van der Waals surface area contributed by atoms with Crippen LogP contribution in [0, 0.1) is 18.7 Å². The Morgan fingerprint density at radius 2 is 1.97 bits per heavy atom. The van der Waals surface area contributed by atoms with Crippen LogP contribution >= 0.6 is 11.6 Å². The number of carbonyl (C=O) groups is 1. The molecule has 10 heteroatoms. The average molecular weight is 515 g/mol. The van der Waals surface area contributed by atoms with Crippen LogP contribution in [0.25, 0.3) is 11.0 Å². The molecule has 1 aromatic heterocycles. The SMILES string of the molecule is Cc1cc(Cl)ccc1Nc1c(C(=O)NOCC2CC2)cc2c(ncn2CCN2CCN(C)CC2)c1F. The summed E-state index contributed by atoms with van der Waals surface area (Å²) in [6.07, 6.45) is 3.85. The molecule has 1 aliphatic carbocycles. The van der Waals surface area contributed by atoms with Crippen molar-refractivity contribution in [3.05, 3.63) is 52.6 Å². The van der Waals surface area contributed by atoms with Gasteiger partial charge in [0.1, 0.15) is 5.52 Å². The van der Waals surface area contributed by atoms with Gasteiger partial charge < -0.3 is 14.8 Å². The van der Waals surface area contributed by atoms with Crippen molar-refractivity contribution in [3.8, 4) is 0 Å². The summed E-state index contributed by atoms with van der Waals surface area (Å²) in [6, 6.07) is 6.96. The lowest BCUT2D eigenvalue weighted by atomic mass is 10.1. The third-order valence-corrected chi connectivity index (χ3v) is 7.22. The number of imidazole rings is 1. The van der Waals surface area contributed by atoms with E-state index in [1.165, 1.54) is 0 Å². The molecule has 36 heavy (non-hydrogen) atoms. The van der Waals surface area contributed by atoms with Crippen LogP contribution in [0.1, 0.15) is 28.8 Å². The Balaban J connectivity index is 1.44. The van der Waals surface area contributed by atoms with Gasteiger partial charge in [-0.25, -0.2) is 14.9 Å². The summed E-state index contributed by atoms with van der Waals surface area (Å²) >= 11 is 6.09. The Kier molecular flexibility index (Phi) is 7.43. The van der Waals surface area contributed by atoms with Crippen molar-refractivity contribution in [1.82, 2.24) is 24.8 Å². The van der Waals surface area contributed by atoms with Gasteiger partial charge in [-0.2, -0.15) is 0 Å². The van der Waals surface area contributed by atoms with Crippen LogP contribution in [0.15, 0.2) is 30.6 Å². The van der Waals surface area contributed by atoms with Gasteiger partial charge in [-0.3, -0.25) is 14.5 Å². The number of rotatable bonds is 9. The third kappa shape index (κ3) is 5.64. The van der Waals surface area contributed by atoms with Crippen LogP contribution in [-0.2, 0) is 11.4 Å². The second-order valence-electron chi connectivity index (χ2n) is 9.83. The first-order valence-corrected chi connectivity index (χ1v) is 12.8. The summed E-state index contributed by atoms with van der Waals surface area (Å²) in [7, 11) is 2.13. The summed E-state index contributed by atoms with van der Waals surface area (Å²) in [5.41, 5.74) is 5.00. The largest absolute Gasteiger partial charge is 0.352 e. The molecule has 0 bridgehead atoms. The highest BCUT2D eigenvalue weighted by molar-refractivity contribution is 6.30. The number of halogens is 2. The summed E-state index contributed by atoms with van der Waals surface area (Å²) < 4.78 is 17.8. The summed E-state index contributed by atoms with van der Waals surface area (Å²) in [5, 5.41) is 3.69. The Morgan fingerprint density at radius 1 is 1.19 bits per heavy atom. The number of hydrogen-bond donors (Lipinski definition) is 2. The quantitative estimate of drug-likeness (QED) is 0.417. The molecule has 0 atom stereocenters. The Hall–Kier alpha value is -2.72. The van der Waals surface area contributed by atoms with Crippen LogP contribution in [0.2, 0.25) is 5.02 Å². The maximum atomic E-state index is 15.9. The predicted octanol–water partition coefficient (Wildman–Crippen LogP) is 4.20. The van der Waals surface area contributed by atoms with Crippen molar-refractivity contribution in [3.63, 3.8) is 0 Å². The predicted molar refractivity (Wildman–Crippen MR) is 139 cm³/mol. The molecule has 1 aliphatic heterocycles. The molecule has 5 rings (SSSR count). The van der Waals surface area contributed by atoms with Gasteiger partial charge in [0.05, 0.1) is 29.7 Å². The van der Waals surface area contributed by atoms with E-state index in [1.807, 2.05) is 11.5 Å². The fourth-order valence-corrected chi connectivity index (χ4v) is 4.65. The van der Waals surface area contributed by atoms with Crippen molar-refractivity contribution in [2.45, 2.75) is 26.3 Å². The second kappa shape index (κ2) is 10.7. The number of nitrogens with zero attached hydrogens (tertiary/aromatic N) is 4. The molecule has 1 saturated carbocycles. The maximum Gasteiger partial charge on any atom is 0.277 e. The van der Waals surface area contributed by atoms with Crippen molar-refractivity contribution < 1.29 is 14.0 Å². The monoisotopic (exact) mass is 514 g/mol. The van der Waals surface area contributed by atoms with Crippen LogP contribution in [-0.4, -0.2) is 71.6 Å². The minimum Gasteiger partial charge on any atom is -0.352 e. The number of anilines is 2. The standard InChI is InChI=1S/C26H32ClFN6O2/c1-17-13-19(27)5-6-21(17)30-24-20(26(35)31-36-15-18-3-4-18)14-22-25(23(24)28)29-16-34(22)12-11-33-9-7-32(2)8-10-33/h5-6,13-14,16,18,30H,3-4,7-12,15H2,1-2H3,(H,31,35). The molecule has 2 aromatic carbocycles. The van der Waals surface area contributed by atoms with E-state index < -0.39 is 11.7 Å². The topological polar surface area (TPSA) is 74.7 Å². The highest BCUT2D eigenvalue weighted by atomic mass is 35.5. The minimum atomic E-state index is -0.576. The average Bonchev–Trinajstić information content (AvgIpc) is 3.59. The molecule has 3 aromatic rings. The number of amides is 1. The number of hydroxylamine groups is 1. The number of carbonyl (C=O) groups excluding carboxylic acids is 1. The fourth-order valence-electron chi connectivity index (χ4n) is 4.42. The highest BCUT2D eigenvalue weighted by Gasteiger charge is 2.25. The van der Waals surface area contributed by atoms with E-state index in [1.54, 1.807) is 30.6 Å². The lowest BCUT2D eigenvalue weighted by Crippen LogP contribution is -2.45. The molecular formula is C26H32ClFN6O2. The number of aryl methyl sites for hydroxylation is 1. The van der Waals surface area contributed by atoms with Gasteiger partial charge in [0.25, 0.3) is 5.91 Å². The smallest absolute Gasteiger partial charge is 0.277 e.